The number of benzene rings is 1. The van der Waals surface area contributed by atoms with Crippen molar-refractivity contribution in [3.05, 3.63) is 47.5 Å². The quantitative estimate of drug-likeness (QED) is 0.832. The summed E-state index contributed by atoms with van der Waals surface area (Å²) in [6.45, 7) is 6.33. The molecule has 0 spiro atoms. The van der Waals surface area contributed by atoms with Crippen LogP contribution in [-0.4, -0.2) is 40.3 Å². The summed E-state index contributed by atoms with van der Waals surface area (Å²) in [6, 6.07) is 7.09. The van der Waals surface area contributed by atoms with E-state index in [9.17, 15) is 9.59 Å². The molecule has 7 heteroatoms. The number of rotatable bonds is 5. The number of hydrogen-bond donors (Lipinski definition) is 1. The second-order valence-electron chi connectivity index (χ2n) is 7.58. The van der Waals surface area contributed by atoms with Gasteiger partial charge in [-0.25, -0.2) is 9.97 Å². The number of carbonyl (C=O) groups is 2. The van der Waals surface area contributed by atoms with Crippen LogP contribution in [0.3, 0.4) is 0 Å². The average Bonchev–Trinajstić information content (AvgIpc) is 2.73. The maximum absolute atomic E-state index is 12.7. The molecule has 0 radical (unpaired) electrons. The van der Waals surface area contributed by atoms with Crippen molar-refractivity contribution in [3.8, 4) is 5.75 Å². The van der Waals surface area contributed by atoms with E-state index in [0.717, 1.165) is 25.8 Å². The molecule has 1 atom stereocenters. The zero-order valence-corrected chi connectivity index (χ0v) is 17.4. The van der Waals surface area contributed by atoms with Crippen LogP contribution in [0.4, 0.5) is 5.69 Å². The van der Waals surface area contributed by atoms with Gasteiger partial charge in [0.25, 0.3) is 5.91 Å². The second-order valence-corrected chi connectivity index (χ2v) is 7.58. The van der Waals surface area contributed by atoms with Crippen LogP contribution < -0.4 is 10.1 Å². The number of methoxy groups -OCH3 is 1. The number of likely N-dealkylation sites (tertiary alicyclic amines) is 1. The van der Waals surface area contributed by atoms with Crippen LogP contribution in [0.1, 0.15) is 61.0 Å². The SMILES string of the molecule is COc1ccccc1NC(=O)c1cnc(C2CCCCN2C(=O)C(C)C)nc1C. The molecule has 0 aliphatic carbocycles. The number of carbonyl (C=O) groups excluding carboxylic acids is 2. The molecule has 0 saturated carbocycles. The number of aryl methyl sites for hydroxylation is 1. The first-order valence-electron chi connectivity index (χ1n) is 10.0. The molecule has 1 aliphatic heterocycles. The van der Waals surface area contributed by atoms with Gasteiger partial charge in [0.1, 0.15) is 5.75 Å². The van der Waals surface area contributed by atoms with Crippen molar-refractivity contribution in [1.29, 1.82) is 0 Å². The monoisotopic (exact) mass is 396 g/mol. The van der Waals surface area contributed by atoms with E-state index in [0.29, 0.717) is 28.5 Å². The number of aromatic nitrogens is 2. The molecule has 1 aromatic heterocycles. The van der Waals surface area contributed by atoms with Crippen LogP contribution >= 0.6 is 0 Å². The smallest absolute Gasteiger partial charge is 0.259 e. The van der Waals surface area contributed by atoms with Crippen LogP contribution in [0, 0.1) is 12.8 Å². The summed E-state index contributed by atoms with van der Waals surface area (Å²) in [6.07, 6.45) is 4.41. The maximum Gasteiger partial charge on any atom is 0.259 e. The Morgan fingerprint density at radius 2 is 2.00 bits per heavy atom. The van der Waals surface area contributed by atoms with Gasteiger partial charge in [0, 0.05) is 18.7 Å². The predicted octanol–water partition coefficient (Wildman–Crippen LogP) is 3.76. The average molecular weight is 396 g/mol. The standard InChI is InChI=1S/C22H28N4O3/c1-14(2)22(28)26-12-8-7-10-18(26)20-23-13-16(15(3)24-20)21(27)25-17-9-5-6-11-19(17)29-4/h5-6,9,11,13-14,18H,7-8,10,12H2,1-4H3,(H,25,27). The molecule has 1 saturated heterocycles. The molecule has 154 valence electrons. The Balaban J connectivity index is 1.82. The zero-order chi connectivity index (χ0) is 21.0. The summed E-state index contributed by atoms with van der Waals surface area (Å²) in [5.74, 6) is 0.944. The van der Waals surface area contributed by atoms with Gasteiger partial charge in [-0.3, -0.25) is 9.59 Å². The Morgan fingerprint density at radius 1 is 1.24 bits per heavy atom. The van der Waals surface area contributed by atoms with Gasteiger partial charge >= 0.3 is 0 Å². The third-order valence-electron chi connectivity index (χ3n) is 5.18. The van der Waals surface area contributed by atoms with Gasteiger partial charge in [-0.2, -0.15) is 0 Å². The number of amides is 2. The molecule has 1 N–H and O–H groups in total. The molecule has 2 heterocycles. The maximum atomic E-state index is 12.7. The number of nitrogens with one attached hydrogen (secondary N) is 1. The van der Waals surface area contributed by atoms with Crippen molar-refractivity contribution < 1.29 is 14.3 Å². The number of piperidine rings is 1. The highest BCUT2D eigenvalue weighted by Crippen LogP contribution is 2.30. The Labute approximate surface area is 171 Å². The van der Waals surface area contributed by atoms with Crippen LogP contribution in [0.15, 0.2) is 30.5 Å². The number of nitrogens with zero attached hydrogens (tertiary/aromatic N) is 3. The number of anilines is 1. The Hall–Kier alpha value is -2.96. The first-order chi connectivity index (χ1) is 13.9. The van der Waals surface area contributed by atoms with E-state index in [1.165, 1.54) is 0 Å². The van der Waals surface area contributed by atoms with Gasteiger partial charge in [-0.1, -0.05) is 26.0 Å². The molecular weight excluding hydrogens is 368 g/mol. The summed E-state index contributed by atoms with van der Waals surface area (Å²) in [7, 11) is 1.56. The molecule has 3 rings (SSSR count). The molecule has 29 heavy (non-hydrogen) atoms. The summed E-state index contributed by atoms with van der Waals surface area (Å²) in [4.78, 5) is 36.3. The van der Waals surface area contributed by atoms with Crippen LogP contribution in [-0.2, 0) is 4.79 Å². The minimum absolute atomic E-state index is 0.0670. The van der Waals surface area contributed by atoms with Crippen LogP contribution in [0.5, 0.6) is 5.75 Å². The summed E-state index contributed by atoms with van der Waals surface area (Å²) >= 11 is 0. The molecule has 2 amide bonds. The lowest BCUT2D eigenvalue weighted by molar-refractivity contribution is -0.138. The van der Waals surface area contributed by atoms with E-state index in [4.69, 9.17) is 4.74 Å². The van der Waals surface area contributed by atoms with E-state index in [-0.39, 0.29) is 23.8 Å². The lowest BCUT2D eigenvalue weighted by atomic mass is 9.99. The third kappa shape index (κ3) is 4.55. The van der Waals surface area contributed by atoms with Gasteiger partial charge in [0.05, 0.1) is 30.1 Å². The topological polar surface area (TPSA) is 84.4 Å². The highest BCUT2D eigenvalue weighted by molar-refractivity contribution is 6.05. The van der Waals surface area contributed by atoms with Crippen molar-refractivity contribution in [2.45, 2.75) is 46.1 Å². The Kier molecular flexibility index (Phi) is 6.46. The van der Waals surface area contributed by atoms with Crippen molar-refractivity contribution in [1.82, 2.24) is 14.9 Å². The third-order valence-corrected chi connectivity index (χ3v) is 5.18. The van der Waals surface area contributed by atoms with Gasteiger partial charge < -0.3 is 15.0 Å². The Morgan fingerprint density at radius 3 is 2.69 bits per heavy atom. The van der Waals surface area contributed by atoms with Crippen molar-refractivity contribution in [2.24, 2.45) is 5.92 Å². The second kappa shape index (κ2) is 9.03. The lowest BCUT2D eigenvalue weighted by Gasteiger charge is -2.36. The van der Waals surface area contributed by atoms with Gasteiger partial charge in [-0.05, 0) is 38.3 Å². The predicted molar refractivity (Wildman–Crippen MR) is 111 cm³/mol. The van der Waals surface area contributed by atoms with Gasteiger partial charge in [0.2, 0.25) is 5.91 Å². The highest BCUT2D eigenvalue weighted by atomic mass is 16.5. The van der Waals surface area contributed by atoms with Gasteiger partial charge in [0.15, 0.2) is 5.82 Å². The van der Waals surface area contributed by atoms with Crippen LogP contribution in [0.25, 0.3) is 0 Å². The van der Waals surface area contributed by atoms with E-state index in [1.807, 2.05) is 30.9 Å². The molecule has 1 aliphatic rings. The molecular formula is C22H28N4O3. The van der Waals surface area contributed by atoms with Gasteiger partial charge in [-0.15, -0.1) is 0 Å². The van der Waals surface area contributed by atoms with Crippen molar-refractivity contribution in [2.75, 3.05) is 19.0 Å². The zero-order valence-electron chi connectivity index (χ0n) is 17.4. The van der Waals surface area contributed by atoms with Crippen molar-refractivity contribution in [3.63, 3.8) is 0 Å². The Bertz CT molecular complexity index is 897. The number of para-hydroxylation sites is 2. The first kappa shape index (κ1) is 20.8. The van der Waals surface area contributed by atoms with E-state index in [1.54, 1.807) is 32.4 Å². The summed E-state index contributed by atoms with van der Waals surface area (Å²) in [5.41, 5.74) is 1.58. The molecule has 0 bridgehead atoms. The molecule has 2 aromatic rings. The van der Waals surface area contributed by atoms with Crippen molar-refractivity contribution >= 4 is 17.5 Å². The highest BCUT2D eigenvalue weighted by Gasteiger charge is 2.31. The fourth-order valence-electron chi connectivity index (χ4n) is 3.60. The summed E-state index contributed by atoms with van der Waals surface area (Å²) < 4.78 is 5.28. The fraction of sp³-hybridized carbons (Fsp3) is 0.455. The normalized spacial score (nSPS) is 16.6. The lowest BCUT2D eigenvalue weighted by Crippen LogP contribution is -2.41. The van der Waals surface area contributed by atoms with E-state index in [2.05, 4.69) is 15.3 Å². The molecule has 7 nitrogen and oxygen atoms in total. The summed E-state index contributed by atoms with van der Waals surface area (Å²) in [5, 5.41) is 2.85. The minimum atomic E-state index is -0.294. The first-order valence-corrected chi connectivity index (χ1v) is 10.0. The van der Waals surface area contributed by atoms with Crippen LogP contribution in [0.2, 0.25) is 0 Å². The number of hydrogen-bond acceptors (Lipinski definition) is 5. The largest absolute Gasteiger partial charge is 0.495 e. The molecule has 1 unspecified atom stereocenters. The number of ether oxygens (including phenoxy) is 1. The van der Waals surface area contributed by atoms with E-state index >= 15 is 0 Å². The molecule has 1 aromatic carbocycles. The van der Waals surface area contributed by atoms with E-state index < -0.39 is 0 Å². The fourth-order valence-corrected chi connectivity index (χ4v) is 3.60. The molecule has 1 fully saturated rings. The minimum Gasteiger partial charge on any atom is -0.495 e.